The number of hydrogen-bond donors (Lipinski definition) is 1. The van der Waals surface area contributed by atoms with Gasteiger partial charge in [0.2, 0.25) is 5.91 Å². The Balaban J connectivity index is 1.68. The molecule has 1 aromatic carbocycles. The highest BCUT2D eigenvalue weighted by atomic mass is 16.2. The summed E-state index contributed by atoms with van der Waals surface area (Å²) >= 11 is 0. The topological polar surface area (TPSA) is 68.8 Å². The molecule has 0 saturated carbocycles. The van der Waals surface area contributed by atoms with E-state index >= 15 is 0 Å². The first-order valence-electron chi connectivity index (χ1n) is 11.7. The van der Waals surface area contributed by atoms with Gasteiger partial charge < -0.3 is 10.2 Å². The van der Waals surface area contributed by atoms with E-state index < -0.39 is 0 Å². The minimum Gasteiger partial charge on any atom is -0.319 e. The summed E-state index contributed by atoms with van der Waals surface area (Å²) in [7, 11) is 0. The maximum Gasteiger partial charge on any atom is 0.258 e. The van der Waals surface area contributed by atoms with Gasteiger partial charge in [-0.05, 0) is 63.2 Å². The first kappa shape index (κ1) is 22.4. The van der Waals surface area contributed by atoms with Crippen LogP contribution >= 0.6 is 0 Å². The van der Waals surface area contributed by atoms with Gasteiger partial charge in [-0.25, -0.2) is 4.98 Å². The van der Waals surface area contributed by atoms with Crippen molar-refractivity contribution in [3.63, 3.8) is 0 Å². The fourth-order valence-electron chi connectivity index (χ4n) is 4.86. The molecule has 1 unspecified atom stereocenters. The molecule has 0 bridgehead atoms. The van der Waals surface area contributed by atoms with E-state index in [1.54, 1.807) is 23.2 Å². The molecular weight excluding hydrogens is 402 g/mol. The molecule has 1 aromatic heterocycles. The van der Waals surface area contributed by atoms with Gasteiger partial charge in [0.05, 0.1) is 23.5 Å². The first-order chi connectivity index (χ1) is 15.5. The van der Waals surface area contributed by atoms with Gasteiger partial charge in [-0.15, -0.1) is 0 Å². The van der Waals surface area contributed by atoms with Gasteiger partial charge in [-0.1, -0.05) is 32.4 Å². The maximum atomic E-state index is 13.8. The number of nitrogens with zero attached hydrogens (tertiary/aromatic N) is 4. The Morgan fingerprint density at radius 1 is 1.19 bits per heavy atom. The number of carbonyl (C=O) groups is 2. The van der Waals surface area contributed by atoms with Crippen LogP contribution in [0.1, 0.15) is 49.0 Å². The summed E-state index contributed by atoms with van der Waals surface area (Å²) in [5, 5.41) is 2.94. The molecular formula is C25H33N5O2. The van der Waals surface area contributed by atoms with Crippen molar-refractivity contribution in [1.29, 1.82) is 0 Å². The number of fused-ring (bicyclic) bond motifs is 2. The molecule has 2 amide bonds. The number of aromatic nitrogens is 1. The number of amides is 2. The highest BCUT2D eigenvalue weighted by Gasteiger charge is 2.34. The molecule has 0 aliphatic carbocycles. The molecule has 4 rings (SSSR count). The van der Waals surface area contributed by atoms with Crippen molar-refractivity contribution in [2.75, 3.05) is 42.9 Å². The second kappa shape index (κ2) is 9.79. The average Bonchev–Trinajstić information content (AvgIpc) is 2.92. The van der Waals surface area contributed by atoms with Gasteiger partial charge in [-0.2, -0.15) is 0 Å². The third-order valence-corrected chi connectivity index (χ3v) is 6.67. The molecule has 2 aromatic rings. The van der Waals surface area contributed by atoms with E-state index in [9.17, 15) is 9.59 Å². The van der Waals surface area contributed by atoms with Crippen molar-refractivity contribution in [3.05, 3.63) is 47.7 Å². The summed E-state index contributed by atoms with van der Waals surface area (Å²) in [4.78, 5) is 37.7. The van der Waals surface area contributed by atoms with Crippen LogP contribution in [0.15, 0.2) is 36.5 Å². The molecule has 0 radical (unpaired) electrons. The molecule has 7 heteroatoms. The zero-order valence-electron chi connectivity index (χ0n) is 19.3. The number of likely N-dealkylation sites (N-methyl/N-ethyl adjacent to an activating group) is 1. The highest BCUT2D eigenvalue weighted by molar-refractivity contribution is 6.18. The zero-order valence-corrected chi connectivity index (χ0v) is 19.3. The van der Waals surface area contributed by atoms with Crippen molar-refractivity contribution in [2.24, 2.45) is 0 Å². The highest BCUT2D eigenvalue weighted by Crippen LogP contribution is 2.37. The lowest BCUT2D eigenvalue weighted by Crippen LogP contribution is -2.50. The maximum absolute atomic E-state index is 13.8. The number of hydrogen-bond acceptors (Lipinski definition) is 5. The molecule has 32 heavy (non-hydrogen) atoms. The first-order valence-corrected chi connectivity index (χ1v) is 11.7. The fraction of sp³-hybridized carbons (Fsp3) is 0.480. The minimum atomic E-state index is -0.208. The van der Waals surface area contributed by atoms with Crippen molar-refractivity contribution in [1.82, 2.24) is 14.8 Å². The SMILES string of the molecule is CCN(CC)CC1CCCCN1CC(=O)N1c2cccc(C)c2C(=O)Nc2cccnc21. The Morgan fingerprint density at radius 3 is 2.78 bits per heavy atom. The number of piperidine rings is 1. The van der Waals surface area contributed by atoms with Gasteiger partial charge in [-0.3, -0.25) is 19.4 Å². The van der Waals surface area contributed by atoms with Gasteiger partial charge in [0, 0.05) is 18.8 Å². The number of anilines is 3. The van der Waals surface area contributed by atoms with Crippen LogP contribution in [0.25, 0.3) is 0 Å². The van der Waals surface area contributed by atoms with Gasteiger partial charge >= 0.3 is 0 Å². The molecule has 1 atom stereocenters. The number of likely N-dealkylation sites (tertiary alicyclic amines) is 1. The number of pyridine rings is 1. The van der Waals surface area contributed by atoms with E-state index in [1.807, 2.05) is 25.1 Å². The fourth-order valence-corrected chi connectivity index (χ4v) is 4.86. The van der Waals surface area contributed by atoms with E-state index in [4.69, 9.17) is 0 Å². The van der Waals surface area contributed by atoms with Crippen molar-refractivity contribution < 1.29 is 9.59 Å². The predicted molar refractivity (Wildman–Crippen MR) is 128 cm³/mol. The summed E-state index contributed by atoms with van der Waals surface area (Å²) in [5.74, 6) is 0.215. The molecule has 2 aliphatic heterocycles. The minimum absolute atomic E-state index is 0.0558. The molecule has 170 valence electrons. The van der Waals surface area contributed by atoms with Crippen molar-refractivity contribution >= 4 is 29.0 Å². The monoisotopic (exact) mass is 435 g/mol. The van der Waals surface area contributed by atoms with Gasteiger partial charge in [0.25, 0.3) is 5.91 Å². The van der Waals surface area contributed by atoms with Crippen LogP contribution in [0.3, 0.4) is 0 Å². The Kier molecular flexibility index (Phi) is 6.86. The quantitative estimate of drug-likeness (QED) is 0.747. The number of nitrogens with one attached hydrogen (secondary N) is 1. The summed E-state index contributed by atoms with van der Waals surface area (Å²) in [6, 6.07) is 9.56. The predicted octanol–water partition coefficient (Wildman–Crippen LogP) is 3.82. The second-order valence-electron chi connectivity index (χ2n) is 8.63. The Morgan fingerprint density at radius 2 is 2.00 bits per heavy atom. The van der Waals surface area contributed by atoms with Crippen LogP contribution in [0, 0.1) is 6.92 Å². The van der Waals surface area contributed by atoms with Crippen LogP contribution in [-0.4, -0.2) is 65.4 Å². The molecule has 1 N–H and O–H groups in total. The van der Waals surface area contributed by atoms with Crippen molar-refractivity contribution in [2.45, 2.75) is 46.1 Å². The van der Waals surface area contributed by atoms with Crippen LogP contribution in [0.5, 0.6) is 0 Å². The standard InChI is InChI=1S/C25H33N5O2/c1-4-28(5-2)16-19-11-6-7-15-29(19)17-22(31)30-21-13-8-10-18(3)23(21)25(32)27-20-12-9-14-26-24(20)30/h8-10,12-14,19H,4-7,11,15-17H2,1-3H3,(H,27,32). The third-order valence-electron chi connectivity index (χ3n) is 6.67. The Labute approximate surface area is 190 Å². The van der Waals surface area contributed by atoms with Crippen LogP contribution < -0.4 is 10.2 Å². The molecule has 1 saturated heterocycles. The summed E-state index contributed by atoms with van der Waals surface area (Å²) in [6.07, 6.45) is 5.07. The lowest BCUT2D eigenvalue weighted by Gasteiger charge is -2.38. The number of carbonyl (C=O) groups excluding carboxylic acids is 2. The van der Waals surface area contributed by atoms with E-state index in [2.05, 4.69) is 33.9 Å². The Hall–Kier alpha value is -2.77. The average molecular weight is 436 g/mol. The van der Waals surface area contributed by atoms with Crippen LogP contribution in [0.4, 0.5) is 17.2 Å². The zero-order chi connectivity index (χ0) is 22.7. The van der Waals surface area contributed by atoms with Gasteiger partial charge in [0.15, 0.2) is 5.82 Å². The number of rotatable bonds is 6. The van der Waals surface area contributed by atoms with E-state index in [-0.39, 0.29) is 11.8 Å². The molecule has 0 spiro atoms. The Bertz CT molecular complexity index is 988. The van der Waals surface area contributed by atoms with Crippen LogP contribution in [-0.2, 0) is 4.79 Å². The van der Waals surface area contributed by atoms with Gasteiger partial charge in [0.1, 0.15) is 0 Å². The normalized spacial score (nSPS) is 18.7. The lowest BCUT2D eigenvalue weighted by molar-refractivity contribution is -0.120. The molecule has 1 fully saturated rings. The van der Waals surface area contributed by atoms with E-state index in [1.165, 1.54) is 6.42 Å². The number of benzene rings is 1. The third kappa shape index (κ3) is 4.40. The number of aryl methyl sites for hydroxylation is 1. The second-order valence-corrected chi connectivity index (χ2v) is 8.63. The summed E-state index contributed by atoms with van der Waals surface area (Å²) in [6.45, 7) is 10.5. The molecule has 3 heterocycles. The van der Waals surface area contributed by atoms with Crippen LogP contribution in [0.2, 0.25) is 0 Å². The largest absolute Gasteiger partial charge is 0.319 e. The lowest BCUT2D eigenvalue weighted by atomic mass is 10.0. The summed E-state index contributed by atoms with van der Waals surface area (Å²) in [5.41, 5.74) is 2.52. The molecule has 2 aliphatic rings. The summed E-state index contributed by atoms with van der Waals surface area (Å²) < 4.78 is 0. The molecule has 7 nitrogen and oxygen atoms in total. The van der Waals surface area contributed by atoms with Crippen molar-refractivity contribution in [3.8, 4) is 0 Å². The smallest absolute Gasteiger partial charge is 0.258 e. The van der Waals surface area contributed by atoms with E-state index in [0.29, 0.717) is 35.3 Å². The van der Waals surface area contributed by atoms with E-state index in [0.717, 1.165) is 44.6 Å².